The summed E-state index contributed by atoms with van der Waals surface area (Å²) in [6.07, 6.45) is 15.7. The lowest BCUT2D eigenvalue weighted by molar-refractivity contribution is 0.249. The highest BCUT2D eigenvalue weighted by molar-refractivity contribution is 7.78. The van der Waals surface area contributed by atoms with E-state index in [1.54, 1.807) is 0 Å². The second kappa shape index (κ2) is 10.5. The lowest BCUT2D eigenvalue weighted by Crippen LogP contribution is -2.15. The van der Waals surface area contributed by atoms with Crippen molar-refractivity contribution < 1.29 is 0 Å². The number of aliphatic imine (C=N–C) groups is 1. The second-order valence-electron chi connectivity index (χ2n) is 6.87. The molecule has 1 fully saturated rings. The Morgan fingerprint density at radius 1 is 1.04 bits per heavy atom. The third-order valence-corrected chi connectivity index (χ3v) is 5.28. The quantitative estimate of drug-likeness (QED) is 0.208. The summed E-state index contributed by atoms with van der Waals surface area (Å²) < 4.78 is 0. The SMILES string of the molecule is C=CCCCCC1CCC(CCc2ccc(N=C=S)cc2)CC1. The molecule has 0 amide bonds. The average Bonchev–Trinajstić information content (AvgIpc) is 2.59. The topological polar surface area (TPSA) is 12.4 Å². The van der Waals surface area contributed by atoms with Crippen molar-refractivity contribution in [1.82, 2.24) is 0 Å². The summed E-state index contributed by atoms with van der Waals surface area (Å²) in [6, 6.07) is 8.43. The summed E-state index contributed by atoms with van der Waals surface area (Å²) in [5, 5.41) is 2.42. The molecule has 0 bridgehead atoms. The van der Waals surface area contributed by atoms with Crippen molar-refractivity contribution in [3.8, 4) is 0 Å². The molecule has 0 spiro atoms. The van der Waals surface area contributed by atoms with Crippen LogP contribution in [0, 0.1) is 11.8 Å². The summed E-state index contributed by atoms with van der Waals surface area (Å²) in [7, 11) is 0. The zero-order valence-corrected chi connectivity index (χ0v) is 15.0. The van der Waals surface area contributed by atoms with Crippen LogP contribution in [0.4, 0.5) is 5.69 Å². The maximum Gasteiger partial charge on any atom is 0.0739 e. The van der Waals surface area contributed by atoms with Crippen LogP contribution in [0.15, 0.2) is 41.9 Å². The van der Waals surface area contributed by atoms with Crippen LogP contribution in [-0.4, -0.2) is 5.16 Å². The number of hydrogen-bond acceptors (Lipinski definition) is 2. The van der Waals surface area contributed by atoms with E-state index < -0.39 is 0 Å². The third-order valence-electron chi connectivity index (χ3n) is 5.19. The number of hydrogen-bond donors (Lipinski definition) is 0. The molecule has 1 aromatic rings. The molecule has 0 atom stereocenters. The predicted molar refractivity (Wildman–Crippen MR) is 104 cm³/mol. The standard InChI is InChI=1S/C21H29NS/c1-2-3-4-5-6-18-7-9-19(10-8-18)11-12-20-13-15-21(16-14-20)22-17-23/h2,13-16,18-19H,1,3-12H2. The van der Waals surface area contributed by atoms with E-state index in [1.807, 2.05) is 18.2 Å². The van der Waals surface area contributed by atoms with E-state index in [0.29, 0.717) is 0 Å². The Morgan fingerprint density at radius 3 is 2.30 bits per heavy atom. The molecule has 2 heteroatoms. The van der Waals surface area contributed by atoms with Crippen LogP contribution in [0.1, 0.15) is 63.4 Å². The number of benzene rings is 1. The first-order chi connectivity index (χ1) is 11.3. The van der Waals surface area contributed by atoms with Gasteiger partial charge in [-0.3, -0.25) is 0 Å². The Hall–Kier alpha value is -1.24. The molecule has 0 aliphatic heterocycles. The lowest BCUT2D eigenvalue weighted by atomic mass is 9.78. The van der Waals surface area contributed by atoms with Crippen LogP contribution >= 0.6 is 12.2 Å². The first kappa shape index (κ1) is 18.1. The summed E-state index contributed by atoms with van der Waals surface area (Å²) >= 11 is 4.63. The number of unbranched alkanes of at least 4 members (excludes halogenated alkanes) is 2. The highest BCUT2D eigenvalue weighted by Crippen LogP contribution is 2.34. The minimum atomic E-state index is 0.903. The van der Waals surface area contributed by atoms with Gasteiger partial charge in [-0.1, -0.05) is 56.7 Å². The molecule has 1 saturated carbocycles. The van der Waals surface area contributed by atoms with Gasteiger partial charge in [0.15, 0.2) is 0 Å². The Labute approximate surface area is 146 Å². The van der Waals surface area contributed by atoms with Gasteiger partial charge in [0.1, 0.15) is 0 Å². The molecule has 2 rings (SSSR count). The number of nitrogens with zero attached hydrogens (tertiary/aromatic N) is 1. The number of isothiocyanates is 1. The fourth-order valence-corrected chi connectivity index (χ4v) is 3.80. The zero-order valence-electron chi connectivity index (χ0n) is 14.2. The van der Waals surface area contributed by atoms with Crippen molar-refractivity contribution in [2.45, 2.75) is 64.2 Å². The van der Waals surface area contributed by atoms with E-state index >= 15 is 0 Å². The van der Waals surface area contributed by atoms with Crippen LogP contribution < -0.4 is 0 Å². The van der Waals surface area contributed by atoms with Gasteiger partial charge in [0.25, 0.3) is 0 Å². The highest BCUT2D eigenvalue weighted by Gasteiger charge is 2.20. The Bertz CT molecular complexity index is 505. The van der Waals surface area contributed by atoms with Crippen molar-refractivity contribution in [3.05, 3.63) is 42.5 Å². The van der Waals surface area contributed by atoms with Crippen molar-refractivity contribution in [1.29, 1.82) is 0 Å². The van der Waals surface area contributed by atoms with E-state index in [1.165, 1.54) is 69.8 Å². The predicted octanol–water partition coefficient (Wildman–Crippen LogP) is 6.91. The van der Waals surface area contributed by atoms with Gasteiger partial charge in [0, 0.05) is 0 Å². The molecule has 0 unspecified atom stereocenters. The smallest absolute Gasteiger partial charge is 0.0739 e. The molecule has 0 N–H and O–H groups in total. The minimum Gasteiger partial charge on any atom is -0.195 e. The number of thiocarbonyl (C=S) groups is 1. The van der Waals surface area contributed by atoms with Gasteiger partial charge in [-0.2, -0.15) is 4.99 Å². The number of aryl methyl sites for hydroxylation is 1. The Morgan fingerprint density at radius 2 is 1.70 bits per heavy atom. The molecule has 0 radical (unpaired) electrons. The molecule has 0 heterocycles. The number of rotatable bonds is 9. The summed E-state index contributed by atoms with van der Waals surface area (Å²) in [5.41, 5.74) is 2.32. The molecule has 0 aromatic heterocycles. The van der Waals surface area contributed by atoms with Gasteiger partial charge in [0.05, 0.1) is 10.8 Å². The van der Waals surface area contributed by atoms with Gasteiger partial charge in [-0.05, 0) is 67.4 Å². The molecule has 1 aliphatic carbocycles. The van der Waals surface area contributed by atoms with Crippen LogP contribution in [0.2, 0.25) is 0 Å². The molecule has 0 saturated heterocycles. The average molecular weight is 328 g/mol. The summed E-state index contributed by atoms with van der Waals surface area (Å²) in [4.78, 5) is 4.00. The Balaban J connectivity index is 1.64. The minimum absolute atomic E-state index is 0.903. The molecular formula is C21H29NS. The monoisotopic (exact) mass is 327 g/mol. The summed E-state index contributed by atoms with van der Waals surface area (Å²) in [6.45, 7) is 3.80. The van der Waals surface area contributed by atoms with E-state index in [0.717, 1.165) is 17.5 Å². The number of allylic oxidation sites excluding steroid dienone is 1. The maximum atomic E-state index is 4.63. The summed E-state index contributed by atoms with van der Waals surface area (Å²) in [5.74, 6) is 1.92. The maximum absolute atomic E-state index is 4.63. The lowest BCUT2D eigenvalue weighted by Gasteiger charge is -2.28. The Kier molecular flexibility index (Phi) is 8.28. The first-order valence-electron chi connectivity index (χ1n) is 9.09. The van der Waals surface area contributed by atoms with Crippen molar-refractivity contribution >= 4 is 23.1 Å². The molecule has 23 heavy (non-hydrogen) atoms. The molecule has 124 valence electrons. The van der Waals surface area contributed by atoms with Crippen molar-refractivity contribution in [3.63, 3.8) is 0 Å². The van der Waals surface area contributed by atoms with Crippen molar-refractivity contribution in [2.24, 2.45) is 16.8 Å². The molecule has 1 aromatic carbocycles. The molecule has 1 aliphatic rings. The van der Waals surface area contributed by atoms with Gasteiger partial charge < -0.3 is 0 Å². The van der Waals surface area contributed by atoms with Crippen LogP contribution in [0.3, 0.4) is 0 Å². The fraction of sp³-hybridized carbons (Fsp3) is 0.571. The fourth-order valence-electron chi connectivity index (χ4n) is 3.69. The zero-order chi connectivity index (χ0) is 16.3. The van der Waals surface area contributed by atoms with Gasteiger partial charge in [0.2, 0.25) is 0 Å². The van der Waals surface area contributed by atoms with E-state index in [2.05, 4.69) is 41.1 Å². The van der Waals surface area contributed by atoms with E-state index in [9.17, 15) is 0 Å². The van der Waals surface area contributed by atoms with Gasteiger partial charge in [-0.25, -0.2) is 0 Å². The third kappa shape index (κ3) is 6.81. The highest BCUT2D eigenvalue weighted by atomic mass is 32.1. The largest absolute Gasteiger partial charge is 0.195 e. The van der Waals surface area contributed by atoms with E-state index in [4.69, 9.17) is 0 Å². The molecule has 1 nitrogen and oxygen atoms in total. The van der Waals surface area contributed by atoms with Crippen LogP contribution in [0.25, 0.3) is 0 Å². The van der Waals surface area contributed by atoms with Gasteiger partial charge >= 0.3 is 0 Å². The second-order valence-corrected chi connectivity index (χ2v) is 7.05. The first-order valence-corrected chi connectivity index (χ1v) is 9.50. The van der Waals surface area contributed by atoms with Crippen molar-refractivity contribution in [2.75, 3.05) is 0 Å². The normalized spacial score (nSPS) is 20.7. The molecular weight excluding hydrogens is 298 g/mol. The van der Waals surface area contributed by atoms with E-state index in [-0.39, 0.29) is 0 Å². The van der Waals surface area contributed by atoms with Crippen LogP contribution in [-0.2, 0) is 6.42 Å². The van der Waals surface area contributed by atoms with Crippen LogP contribution in [0.5, 0.6) is 0 Å². The van der Waals surface area contributed by atoms with Gasteiger partial charge in [-0.15, -0.1) is 6.58 Å².